The number of aryl methyl sites for hydroxylation is 1. The molecule has 0 aliphatic carbocycles. The van der Waals surface area contributed by atoms with Gasteiger partial charge in [0.2, 0.25) is 0 Å². The van der Waals surface area contributed by atoms with Gasteiger partial charge in [-0.15, -0.1) is 0 Å². The lowest BCUT2D eigenvalue weighted by Crippen LogP contribution is -2.17. The molecule has 0 aliphatic heterocycles. The number of methoxy groups -OCH3 is 1. The number of aromatic nitrogens is 1. The minimum absolute atomic E-state index is 0.113. The van der Waals surface area contributed by atoms with Crippen molar-refractivity contribution in [3.8, 4) is 0 Å². The van der Waals surface area contributed by atoms with E-state index in [0.29, 0.717) is 16.9 Å². The number of amides is 2. The van der Waals surface area contributed by atoms with Crippen LogP contribution in [-0.4, -0.2) is 29.9 Å². The molecule has 29 heavy (non-hydrogen) atoms. The van der Waals surface area contributed by atoms with Crippen molar-refractivity contribution < 1.29 is 19.1 Å². The zero-order valence-corrected chi connectivity index (χ0v) is 15.9. The van der Waals surface area contributed by atoms with E-state index in [4.69, 9.17) is 0 Å². The number of anilines is 2. The Balaban J connectivity index is 1.73. The maximum absolute atomic E-state index is 12.5. The van der Waals surface area contributed by atoms with E-state index in [1.54, 1.807) is 30.3 Å². The second-order valence-electron chi connectivity index (χ2n) is 6.28. The van der Waals surface area contributed by atoms with Gasteiger partial charge in [-0.05, 0) is 49.4 Å². The number of esters is 1. The summed E-state index contributed by atoms with van der Waals surface area (Å²) in [6, 6.07) is 16.6. The number of benzene rings is 2. The zero-order valence-electron chi connectivity index (χ0n) is 15.9. The van der Waals surface area contributed by atoms with Crippen LogP contribution in [0.3, 0.4) is 0 Å². The summed E-state index contributed by atoms with van der Waals surface area (Å²) in [7, 11) is 1.29. The minimum atomic E-state index is -0.500. The van der Waals surface area contributed by atoms with Crippen LogP contribution in [-0.2, 0) is 4.74 Å². The first-order valence-corrected chi connectivity index (χ1v) is 8.80. The van der Waals surface area contributed by atoms with E-state index < -0.39 is 17.8 Å². The third kappa shape index (κ3) is 5.04. The molecule has 146 valence electrons. The smallest absolute Gasteiger partial charge is 0.337 e. The molecule has 1 aromatic heterocycles. The minimum Gasteiger partial charge on any atom is -0.465 e. The molecular weight excluding hydrogens is 370 g/mol. The van der Waals surface area contributed by atoms with Crippen LogP contribution in [0.5, 0.6) is 0 Å². The number of carbonyl (C=O) groups is 3. The molecule has 0 saturated heterocycles. The molecule has 0 aliphatic rings. The zero-order chi connectivity index (χ0) is 20.8. The molecule has 0 fully saturated rings. The lowest BCUT2D eigenvalue weighted by atomic mass is 10.1. The predicted octanol–water partition coefficient (Wildman–Crippen LogP) is 3.68. The Bertz CT molecular complexity index is 1060. The van der Waals surface area contributed by atoms with Gasteiger partial charge in [0.25, 0.3) is 11.8 Å². The lowest BCUT2D eigenvalue weighted by Gasteiger charge is -2.08. The molecule has 7 heteroatoms. The summed E-state index contributed by atoms with van der Waals surface area (Å²) in [5.41, 5.74) is 2.84. The van der Waals surface area contributed by atoms with Gasteiger partial charge in [0.1, 0.15) is 5.69 Å². The predicted molar refractivity (Wildman–Crippen MR) is 109 cm³/mol. The Hall–Kier alpha value is -4.00. The van der Waals surface area contributed by atoms with Crippen molar-refractivity contribution in [2.24, 2.45) is 0 Å². The molecule has 0 bridgehead atoms. The Kier molecular flexibility index (Phi) is 5.99. The Morgan fingerprint density at radius 2 is 1.55 bits per heavy atom. The monoisotopic (exact) mass is 389 g/mol. The summed E-state index contributed by atoms with van der Waals surface area (Å²) in [6.07, 6.45) is 1.39. The molecule has 3 aromatic rings. The number of nitrogens with zero attached hydrogens (tertiary/aromatic N) is 1. The second-order valence-corrected chi connectivity index (χ2v) is 6.28. The summed E-state index contributed by atoms with van der Waals surface area (Å²) >= 11 is 0. The lowest BCUT2D eigenvalue weighted by molar-refractivity contribution is 0.0600. The molecule has 0 atom stereocenters. The normalized spacial score (nSPS) is 10.1. The van der Waals surface area contributed by atoms with E-state index in [0.717, 1.165) is 5.56 Å². The molecule has 0 unspecified atom stereocenters. The van der Waals surface area contributed by atoms with Gasteiger partial charge in [0, 0.05) is 23.1 Å². The molecule has 2 N–H and O–H groups in total. The number of carbonyl (C=O) groups excluding carboxylic acids is 3. The third-order valence-electron chi connectivity index (χ3n) is 4.11. The van der Waals surface area contributed by atoms with Gasteiger partial charge in [-0.2, -0.15) is 0 Å². The van der Waals surface area contributed by atoms with E-state index in [1.807, 2.05) is 19.1 Å². The average Bonchev–Trinajstić information content (AvgIpc) is 2.75. The van der Waals surface area contributed by atoms with Crippen LogP contribution >= 0.6 is 0 Å². The van der Waals surface area contributed by atoms with Crippen LogP contribution in [0.4, 0.5) is 11.4 Å². The van der Waals surface area contributed by atoms with E-state index in [1.165, 1.54) is 31.5 Å². The van der Waals surface area contributed by atoms with Crippen molar-refractivity contribution in [1.82, 2.24) is 4.98 Å². The average molecular weight is 389 g/mol. The Morgan fingerprint density at radius 3 is 2.28 bits per heavy atom. The first kappa shape index (κ1) is 19.8. The first-order chi connectivity index (χ1) is 14.0. The number of ether oxygens (including phenoxy) is 1. The molecule has 1 heterocycles. The van der Waals surface area contributed by atoms with Gasteiger partial charge in [-0.3, -0.25) is 14.6 Å². The van der Waals surface area contributed by atoms with Crippen LogP contribution in [0.1, 0.15) is 36.8 Å². The quantitative estimate of drug-likeness (QED) is 0.649. The van der Waals surface area contributed by atoms with Crippen molar-refractivity contribution in [2.45, 2.75) is 6.92 Å². The van der Waals surface area contributed by atoms with Crippen molar-refractivity contribution >= 4 is 29.2 Å². The van der Waals surface area contributed by atoms with Crippen LogP contribution in [0, 0.1) is 6.92 Å². The molecule has 0 radical (unpaired) electrons. The SMILES string of the molecule is COC(=O)c1cccc(NC(=O)c2ccnc(C(=O)Nc3ccc(C)cc3)c2)c1. The van der Waals surface area contributed by atoms with Crippen molar-refractivity contribution in [1.29, 1.82) is 0 Å². The summed E-state index contributed by atoms with van der Waals surface area (Å²) in [6.45, 7) is 1.95. The maximum atomic E-state index is 12.5. The van der Waals surface area contributed by atoms with Gasteiger partial charge in [-0.1, -0.05) is 23.8 Å². The highest BCUT2D eigenvalue weighted by atomic mass is 16.5. The largest absolute Gasteiger partial charge is 0.465 e. The summed E-state index contributed by atoms with van der Waals surface area (Å²) in [5.74, 6) is -1.35. The number of hydrogen-bond acceptors (Lipinski definition) is 5. The van der Waals surface area contributed by atoms with Crippen LogP contribution in [0.15, 0.2) is 66.9 Å². The number of nitrogens with one attached hydrogen (secondary N) is 2. The standard InChI is InChI=1S/C22H19N3O4/c1-14-6-8-17(9-7-14)24-21(27)19-13-15(10-11-23-19)20(26)25-18-5-3-4-16(12-18)22(28)29-2/h3-13H,1-2H3,(H,24,27)(H,25,26). The highest BCUT2D eigenvalue weighted by Crippen LogP contribution is 2.14. The summed E-state index contributed by atoms with van der Waals surface area (Å²) < 4.78 is 4.67. The number of rotatable bonds is 5. The molecule has 7 nitrogen and oxygen atoms in total. The molecule has 3 rings (SSSR count). The van der Waals surface area contributed by atoms with Gasteiger partial charge < -0.3 is 15.4 Å². The fourth-order valence-corrected chi connectivity index (χ4v) is 2.57. The first-order valence-electron chi connectivity index (χ1n) is 8.80. The Labute approximate surface area is 167 Å². The van der Waals surface area contributed by atoms with E-state index in [9.17, 15) is 14.4 Å². The highest BCUT2D eigenvalue weighted by Gasteiger charge is 2.13. The second kappa shape index (κ2) is 8.79. The highest BCUT2D eigenvalue weighted by molar-refractivity contribution is 6.08. The summed E-state index contributed by atoms with van der Waals surface area (Å²) in [4.78, 5) is 40.6. The molecule has 2 amide bonds. The van der Waals surface area contributed by atoms with Crippen molar-refractivity contribution in [3.05, 3.63) is 89.2 Å². The van der Waals surface area contributed by atoms with Crippen LogP contribution in [0.2, 0.25) is 0 Å². The number of hydrogen-bond donors (Lipinski definition) is 2. The van der Waals surface area contributed by atoms with Crippen LogP contribution in [0.25, 0.3) is 0 Å². The number of pyridine rings is 1. The van der Waals surface area contributed by atoms with Gasteiger partial charge in [-0.25, -0.2) is 4.79 Å². The molecular formula is C22H19N3O4. The molecule has 0 saturated carbocycles. The van der Waals surface area contributed by atoms with Gasteiger partial charge in [0.15, 0.2) is 0 Å². The maximum Gasteiger partial charge on any atom is 0.337 e. The van der Waals surface area contributed by atoms with Crippen molar-refractivity contribution in [3.63, 3.8) is 0 Å². The van der Waals surface area contributed by atoms with Gasteiger partial charge >= 0.3 is 5.97 Å². The van der Waals surface area contributed by atoms with E-state index >= 15 is 0 Å². The van der Waals surface area contributed by atoms with Gasteiger partial charge in [0.05, 0.1) is 12.7 Å². The third-order valence-corrected chi connectivity index (χ3v) is 4.11. The topological polar surface area (TPSA) is 97.4 Å². The molecule has 0 spiro atoms. The van der Waals surface area contributed by atoms with E-state index in [-0.39, 0.29) is 11.3 Å². The summed E-state index contributed by atoms with van der Waals surface area (Å²) in [5, 5.41) is 5.44. The Morgan fingerprint density at radius 1 is 0.828 bits per heavy atom. The van der Waals surface area contributed by atoms with E-state index in [2.05, 4.69) is 20.4 Å². The molecule has 2 aromatic carbocycles. The van der Waals surface area contributed by atoms with Crippen molar-refractivity contribution in [2.75, 3.05) is 17.7 Å². The fourth-order valence-electron chi connectivity index (χ4n) is 2.57. The fraction of sp³-hybridized carbons (Fsp3) is 0.0909. The van der Waals surface area contributed by atoms with Crippen LogP contribution < -0.4 is 10.6 Å².